The van der Waals surface area contributed by atoms with Gasteiger partial charge in [0.1, 0.15) is 17.6 Å². The molecule has 0 aliphatic carbocycles. The first-order chi connectivity index (χ1) is 16.1. The quantitative estimate of drug-likeness (QED) is 0.437. The van der Waals surface area contributed by atoms with Crippen LogP contribution < -0.4 is 4.74 Å². The Labute approximate surface area is 196 Å². The number of carboxylic acids is 1. The molecule has 1 unspecified atom stereocenters. The first-order valence-corrected chi connectivity index (χ1v) is 11.9. The van der Waals surface area contributed by atoms with Crippen molar-refractivity contribution in [2.24, 2.45) is 0 Å². The van der Waals surface area contributed by atoms with Crippen LogP contribution in [0.15, 0.2) is 65.6 Å². The van der Waals surface area contributed by atoms with Crippen molar-refractivity contribution in [3.63, 3.8) is 0 Å². The number of hydrogen-bond donors (Lipinski definition) is 1. The molecule has 1 heterocycles. The minimum absolute atomic E-state index is 0.0789. The molecule has 0 saturated heterocycles. The maximum Gasteiger partial charge on any atom is 0.343 e. The number of carbonyl (C=O) groups excluding carboxylic acids is 1. The molecular weight excluding hydrogens is 461 g/mol. The molecule has 176 valence electrons. The normalized spacial score (nSPS) is 16.0. The second-order valence-electron chi connectivity index (χ2n) is 8.21. The Morgan fingerprint density at radius 1 is 1.00 bits per heavy atom. The SMILES string of the molecule is Cc1ccc(C(=O)Oc2ccc3c(c2)CN(S(=O)(=O)c2ccc(C)c(F)c2)C(C(=O)O)C3)cc1. The van der Waals surface area contributed by atoms with Gasteiger partial charge in [-0.1, -0.05) is 29.8 Å². The van der Waals surface area contributed by atoms with E-state index in [1.165, 1.54) is 25.1 Å². The van der Waals surface area contributed by atoms with Crippen molar-refractivity contribution in [3.05, 3.63) is 94.3 Å². The Morgan fingerprint density at radius 3 is 2.35 bits per heavy atom. The molecule has 0 amide bonds. The van der Waals surface area contributed by atoms with Crippen molar-refractivity contribution in [1.82, 2.24) is 4.31 Å². The van der Waals surface area contributed by atoms with Gasteiger partial charge in [0.15, 0.2) is 0 Å². The zero-order chi connectivity index (χ0) is 24.6. The van der Waals surface area contributed by atoms with E-state index in [0.717, 1.165) is 15.9 Å². The zero-order valence-electron chi connectivity index (χ0n) is 18.5. The van der Waals surface area contributed by atoms with Crippen molar-refractivity contribution in [3.8, 4) is 5.75 Å². The molecule has 9 heteroatoms. The van der Waals surface area contributed by atoms with Gasteiger partial charge in [-0.25, -0.2) is 17.6 Å². The van der Waals surface area contributed by atoms with Crippen LogP contribution in [0.5, 0.6) is 5.75 Å². The van der Waals surface area contributed by atoms with E-state index in [1.807, 2.05) is 6.92 Å². The van der Waals surface area contributed by atoms with Crippen LogP contribution in [0, 0.1) is 19.7 Å². The van der Waals surface area contributed by atoms with Crippen LogP contribution >= 0.6 is 0 Å². The molecular formula is C25H22FNO6S. The highest BCUT2D eigenvalue weighted by atomic mass is 32.2. The number of esters is 1. The third kappa shape index (κ3) is 4.57. The number of sulfonamides is 1. The lowest BCUT2D eigenvalue weighted by Gasteiger charge is -2.33. The number of ether oxygens (including phenoxy) is 1. The lowest BCUT2D eigenvalue weighted by molar-refractivity contribution is -0.141. The molecule has 0 bridgehead atoms. The molecule has 1 N–H and O–H groups in total. The Balaban J connectivity index is 1.65. The van der Waals surface area contributed by atoms with Crippen LogP contribution in [0.2, 0.25) is 0 Å². The van der Waals surface area contributed by atoms with Gasteiger partial charge in [0, 0.05) is 13.0 Å². The predicted molar refractivity (Wildman–Crippen MR) is 122 cm³/mol. The summed E-state index contributed by atoms with van der Waals surface area (Å²) < 4.78 is 46.9. The molecule has 3 aromatic rings. The first kappa shape index (κ1) is 23.6. The molecule has 0 saturated carbocycles. The minimum atomic E-state index is -4.32. The molecule has 7 nitrogen and oxygen atoms in total. The largest absolute Gasteiger partial charge is 0.480 e. The topological polar surface area (TPSA) is 101 Å². The number of carboxylic acid groups (broad SMARTS) is 1. The summed E-state index contributed by atoms with van der Waals surface area (Å²) in [7, 11) is -4.32. The fourth-order valence-corrected chi connectivity index (χ4v) is 5.36. The van der Waals surface area contributed by atoms with E-state index in [-0.39, 0.29) is 29.2 Å². The summed E-state index contributed by atoms with van der Waals surface area (Å²) in [5.41, 5.74) is 2.76. The molecule has 0 spiro atoms. The average molecular weight is 484 g/mol. The van der Waals surface area contributed by atoms with Gasteiger partial charge in [-0.15, -0.1) is 0 Å². The van der Waals surface area contributed by atoms with Crippen LogP contribution in [0.4, 0.5) is 4.39 Å². The Morgan fingerprint density at radius 2 is 1.71 bits per heavy atom. The number of fused-ring (bicyclic) bond motifs is 1. The third-order valence-corrected chi connectivity index (χ3v) is 7.65. The summed E-state index contributed by atoms with van der Waals surface area (Å²) in [4.78, 5) is 24.1. The highest BCUT2D eigenvalue weighted by molar-refractivity contribution is 7.89. The van der Waals surface area contributed by atoms with Gasteiger partial charge in [-0.05, 0) is 66.9 Å². The lowest BCUT2D eigenvalue weighted by atomic mass is 9.95. The van der Waals surface area contributed by atoms with E-state index in [9.17, 15) is 27.5 Å². The van der Waals surface area contributed by atoms with Crippen molar-refractivity contribution in [2.45, 2.75) is 37.8 Å². The van der Waals surface area contributed by atoms with Crippen LogP contribution in [0.25, 0.3) is 0 Å². The zero-order valence-corrected chi connectivity index (χ0v) is 19.3. The average Bonchev–Trinajstić information content (AvgIpc) is 2.80. The second kappa shape index (κ2) is 9.00. The number of carbonyl (C=O) groups is 2. The molecule has 3 aromatic carbocycles. The number of aliphatic carboxylic acids is 1. The molecule has 34 heavy (non-hydrogen) atoms. The van der Waals surface area contributed by atoms with E-state index >= 15 is 0 Å². The molecule has 0 fully saturated rings. The number of hydrogen-bond acceptors (Lipinski definition) is 5. The lowest BCUT2D eigenvalue weighted by Crippen LogP contribution is -2.48. The van der Waals surface area contributed by atoms with Crippen molar-refractivity contribution >= 4 is 22.0 Å². The van der Waals surface area contributed by atoms with Crippen LogP contribution in [-0.4, -0.2) is 35.8 Å². The van der Waals surface area contributed by atoms with Crippen molar-refractivity contribution in [1.29, 1.82) is 0 Å². The van der Waals surface area contributed by atoms with Crippen LogP contribution in [0.3, 0.4) is 0 Å². The van der Waals surface area contributed by atoms with E-state index in [0.29, 0.717) is 16.7 Å². The summed E-state index contributed by atoms with van der Waals surface area (Å²) in [5, 5.41) is 9.71. The monoisotopic (exact) mass is 483 g/mol. The van der Waals surface area contributed by atoms with Gasteiger partial charge in [0.05, 0.1) is 10.5 Å². The molecule has 4 rings (SSSR count). The maximum absolute atomic E-state index is 14.1. The van der Waals surface area contributed by atoms with E-state index < -0.39 is 33.8 Å². The number of rotatable bonds is 5. The Kier molecular flexibility index (Phi) is 6.24. The number of aryl methyl sites for hydroxylation is 2. The van der Waals surface area contributed by atoms with Crippen LogP contribution in [0.1, 0.15) is 32.6 Å². The summed E-state index contributed by atoms with van der Waals surface area (Å²) >= 11 is 0. The number of halogens is 1. The summed E-state index contributed by atoms with van der Waals surface area (Å²) in [6.45, 7) is 3.14. The Bertz CT molecular complexity index is 1390. The van der Waals surface area contributed by atoms with Crippen molar-refractivity contribution in [2.75, 3.05) is 0 Å². The third-order valence-electron chi connectivity index (χ3n) is 5.80. The molecule has 0 aromatic heterocycles. The molecule has 0 radical (unpaired) electrons. The Hall–Kier alpha value is -3.56. The van der Waals surface area contributed by atoms with E-state index in [2.05, 4.69) is 0 Å². The highest BCUT2D eigenvalue weighted by Gasteiger charge is 2.40. The van der Waals surface area contributed by atoms with Gasteiger partial charge in [-0.3, -0.25) is 4.79 Å². The number of benzene rings is 3. The fourth-order valence-electron chi connectivity index (χ4n) is 3.79. The summed E-state index contributed by atoms with van der Waals surface area (Å²) in [6.07, 6.45) is -0.0789. The smallest absolute Gasteiger partial charge is 0.343 e. The maximum atomic E-state index is 14.1. The highest BCUT2D eigenvalue weighted by Crippen LogP contribution is 2.32. The summed E-state index contributed by atoms with van der Waals surface area (Å²) in [6, 6.07) is 13.7. The first-order valence-electron chi connectivity index (χ1n) is 10.5. The van der Waals surface area contributed by atoms with Gasteiger partial charge < -0.3 is 9.84 Å². The van der Waals surface area contributed by atoms with Gasteiger partial charge in [-0.2, -0.15) is 4.31 Å². The second-order valence-corrected chi connectivity index (χ2v) is 10.1. The fraction of sp³-hybridized carbons (Fsp3) is 0.200. The van der Waals surface area contributed by atoms with Gasteiger partial charge in [0.25, 0.3) is 0 Å². The summed E-state index contributed by atoms with van der Waals surface area (Å²) in [5.74, 6) is -2.37. The van der Waals surface area contributed by atoms with Crippen molar-refractivity contribution < 1.29 is 32.2 Å². The van der Waals surface area contributed by atoms with Gasteiger partial charge in [0.2, 0.25) is 10.0 Å². The van der Waals surface area contributed by atoms with Gasteiger partial charge >= 0.3 is 11.9 Å². The standard InChI is InChI=1S/C25H22FNO6S/c1-15-3-6-17(7-4-15)25(30)33-20-9-8-18-12-23(24(28)29)27(14-19(18)11-20)34(31,32)21-10-5-16(2)22(26)13-21/h3-11,13,23H,12,14H2,1-2H3,(H,28,29). The number of nitrogens with zero attached hydrogens (tertiary/aromatic N) is 1. The predicted octanol–water partition coefficient (Wildman–Crippen LogP) is 3.86. The molecule has 1 atom stereocenters. The minimum Gasteiger partial charge on any atom is -0.480 e. The van der Waals surface area contributed by atoms with E-state index in [4.69, 9.17) is 4.74 Å². The van der Waals surface area contributed by atoms with Crippen LogP contribution in [-0.2, 0) is 27.8 Å². The van der Waals surface area contributed by atoms with E-state index in [1.54, 1.807) is 36.4 Å². The molecule has 1 aliphatic rings. The molecule has 1 aliphatic heterocycles.